The summed E-state index contributed by atoms with van der Waals surface area (Å²) >= 11 is 3.39. The second-order valence-electron chi connectivity index (χ2n) is 4.98. The highest BCUT2D eigenvalue weighted by atomic mass is 79.9. The minimum Gasteiger partial charge on any atom is -0.207 e. The van der Waals surface area contributed by atoms with Gasteiger partial charge in [-0.3, -0.25) is 0 Å². The Bertz CT molecular complexity index is 686. The van der Waals surface area contributed by atoms with Crippen LogP contribution in [0, 0.1) is 6.92 Å². The van der Waals surface area contributed by atoms with Crippen molar-refractivity contribution in [1.82, 2.24) is 4.72 Å². The van der Waals surface area contributed by atoms with Crippen molar-refractivity contribution in [2.24, 2.45) is 0 Å². The maximum Gasteiger partial charge on any atom is 0.240 e. The van der Waals surface area contributed by atoms with E-state index in [9.17, 15) is 8.42 Å². The van der Waals surface area contributed by atoms with Crippen LogP contribution in [0.1, 0.15) is 11.1 Å². The largest absolute Gasteiger partial charge is 0.240 e. The van der Waals surface area contributed by atoms with Crippen LogP contribution in [0.4, 0.5) is 0 Å². The third-order valence-corrected chi connectivity index (χ3v) is 5.43. The van der Waals surface area contributed by atoms with Gasteiger partial charge in [-0.05, 0) is 36.6 Å². The first kappa shape index (κ1) is 16.2. The molecule has 112 valence electrons. The predicted octanol–water partition coefficient (Wildman–Crippen LogP) is 3.28. The topological polar surface area (TPSA) is 46.2 Å². The first-order valence-corrected chi connectivity index (χ1v) is 9.30. The van der Waals surface area contributed by atoms with Gasteiger partial charge in [-0.1, -0.05) is 58.4 Å². The van der Waals surface area contributed by atoms with Crippen LogP contribution in [0.3, 0.4) is 0 Å². The molecule has 21 heavy (non-hydrogen) atoms. The molecule has 0 spiro atoms. The molecule has 1 unspecified atom stereocenters. The molecule has 1 N–H and O–H groups in total. The molecule has 2 aromatic rings. The van der Waals surface area contributed by atoms with E-state index in [2.05, 4.69) is 20.7 Å². The SMILES string of the molecule is Cc1cccc(S(=O)(=O)NC(CBr)Cc2ccccc2)c1. The van der Waals surface area contributed by atoms with Gasteiger partial charge in [-0.15, -0.1) is 0 Å². The van der Waals surface area contributed by atoms with E-state index in [1.165, 1.54) is 0 Å². The number of benzene rings is 2. The summed E-state index contributed by atoms with van der Waals surface area (Å²) in [6.45, 7) is 1.88. The zero-order valence-corrected chi connectivity index (χ0v) is 14.2. The quantitative estimate of drug-likeness (QED) is 0.796. The number of halogens is 1. The summed E-state index contributed by atoms with van der Waals surface area (Å²) in [5, 5.41) is 0.562. The lowest BCUT2D eigenvalue weighted by Gasteiger charge is -2.16. The predicted molar refractivity (Wildman–Crippen MR) is 89.2 cm³/mol. The fourth-order valence-electron chi connectivity index (χ4n) is 2.10. The molecule has 2 aromatic carbocycles. The molecule has 0 fully saturated rings. The monoisotopic (exact) mass is 367 g/mol. The average molecular weight is 368 g/mol. The van der Waals surface area contributed by atoms with Crippen molar-refractivity contribution in [3.63, 3.8) is 0 Å². The third kappa shape index (κ3) is 4.66. The van der Waals surface area contributed by atoms with Gasteiger partial charge >= 0.3 is 0 Å². The molecular weight excluding hydrogens is 350 g/mol. The van der Waals surface area contributed by atoms with Gasteiger partial charge in [0.05, 0.1) is 4.90 Å². The van der Waals surface area contributed by atoms with Gasteiger partial charge in [0.15, 0.2) is 0 Å². The molecule has 1 atom stereocenters. The molecular formula is C16H18BrNO2S. The van der Waals surface area contributed by atoms with Crippen LogP contribution in [-0.2, 0) is 16.4 Å². The molecule has 2 rings (SSSR count). The lowest BCUT2D eigenvalue weighted by Crippen LogP contribution is -2.37. The summed E-state index contributed by atoms with van der Waals surface area (Å²) in [5.41, 5.74) is 2.03. The molecule has 0 aromatic heterocycles. The lowest BCUT2D eigenvalue weighted by molar-refractivity contribution is 0.562. The van der Waals surface area contributed by atoms with E-state index < -0.39 is 10.0 Å². The minimum atomic E-state index is -3.49. The molecule has 3 nitrogen and oxygen atoms in total. The standard InChI is InChI=1S/C16H18BrNO2S/c1-13-6-5-9-16(10-13)21(19,20)18-15(12-17)11-14-7-3-2-4-8-14/h2-10,15,18H,11-12H2,1H3. The highest BCUT2D eigenvalue weighted by Crippen LogP contribution is 2.13. The summed E-state index contributed by atoms with van der Waals surface area (Å²) in [6, 6.07) is 16.6. The molecule has 0 radical (unpaired) electrons. The van der Waals surface area contributed by atoms with E-state index in [-0.39, 0.29) is 6.04 Å². The minimum absolute atomic E-state index is 0.182. The second kappa shape index (κ2) is 7.20. The number of aryl methyl sites for hydroxylation is 1. The zero-order chi connectivity index (χ0) is 15.3. The van der Waals surface area contributed by atoms with Crippen molar-refractivity contribution in [3.8, 4) is 0 Å². The molecule has 0 saturated carbocycles. The van der Waals surface area contributed by atoms with E-state index in [0.29, 0.717) is 16.6 Å². The van der Waals surface area contributed by atoms with E-state index >= 15 is 0 Å². The van der Waals surface area contributed by atoms with Crippen LogP contribution < -0.4 is 4.72 Å². The first-order chi connectivity index (χ1) is 10.0. The van der Waals surface area contributed by atoms with Crippen LogP contribution in [0.2, 0.25) is 0 Å². The number of hydrogen-bond donors (Lipinski definition) is 1. The summed E-state index contributed by atoms with van der Waals surface area (Å²) in [5.74, 6) is 0. The van der Waals surface area contributed by atoms with Crippen molar-refractivity contribution in [2.75, 3.05) is 5.33 Å². The van der Waals surface area contributed by atoms with Gasteiger partial charge in [0, 0.05) is 11.4 Å². The smallest absolute Gasteiger partial charge is 0.207 e. The average Bonchev–Trinajstić information content (AvgIpc) is 2.47. The van der Waals surface area contributed by atoms with E-state index in [0.717, 1.165) is 11.1 Å². The number of nitrogens with one attached hydrogen (secondary N) is 1. The van der Waals surface area contributed by atoms with Gasteiger partial charge in [0.1, 0.15) is 0 Å². The molecule has 0 saturated heterocycles. The van der Waals surface area contributed by atoms with Gasteiger partial charge in [0.25, 0.3) is 0 Å². The second-order valence-corrected chi connectivity index (χ2v) is 7.34. The normalized spacial score (nSPS) is 13.0. The Morgan fingerprint density at radius 3 is 2.43 bits per heavy atom. The van der Waals surface area contributed by atoms with Crippen molar-refractivity contribution in [3.05, 3.63) is 65.7 Å². The highest BCUT2D eigenvalue weighted by Gasteiger charge is 2.19. The summed E-state index contributed by atoms with van der Waals surface area (Å²) in [4.78, 5) is 0.307. The third-order valence-electron chi connectivity index (χ3n) is 3.13. The maximum atomic E-state index is 12.4. The van der Waals surface area contributed by atoms with Crippen molar-refractivity contribution >= 4 is 26.0 Å². The Morgan fingerprint density at radius 1 is 1.10 bits per heavy atom. The zero-order valence-electron chi connectivity index (χ0n) is 11.8. The van der Waals surface area contributed by atoms with Gasteiger partial charge in [0.2, 0.25) is 10.0 Å². The fourth-order valence-corrected chi connectivity index (χ4v) is 4.04. The summed E-state index contributed by atoms with van der Waals surface area (Å²) < 4.78 is 27.6. The Hall–Kier alpha value is -1.17. The van der Waals surface area contributed by atoms with Gasteiger partial charge in [-0.2, -0.15) is 0 Å². The van der Waals surface area contributed by atoms with Crippen LogP contribution in [-0.4, -0.2) is 19.8 Å². The Labute approximate surface area is 134 Å². The number of sulfonamides is 1. The van der Waals surface area contributed by atoms with E-state index in [1.54, 1.807) is 18.2 Å². The van der Waals surface area contributed by atoms with Gasteiger partial charge in [-0.25, -0.2) is 13.1 Å². The van der Waals surface area contributed by atoms with Crippen LogP contribution in [0.25, 0.3) is 0 Å². The molecule has 0 aliphatic rings. The summed E-state index contributed by atoms with van der Waals surface area (Å²) in [6.07, 6.45) is 0.650. The maximum absolute atomic E-state index is 12.4. The van der Waals surface area contributed by atoms with Gasteiger partial charge < -0.3 is 0 Å². The Kier molecular flexibility index (Phi) is 5.56. The van der Waals surface area contributed by atoms with Crippen LogP contribution in [0.15, 0.2) is 59.5 Å². The van der Waals surface area contributed by atoms with Crippen molar-refractivity contribution in [1.29, 1.82) is 0 Å². The molecule has 0 bridgehead atoms. The molecule has 0 heterocycles. The number of alkyl halides is 1. The fraction of sp³-hybridized carbons (Fsp3) is 0.250. The Morgan fingerprint density at radius 2 is 1.81 bits per heavy atom. The van der Waals surface area contributed by atoms with E-state index in [1.807, 2.05) is 43.3 Å². The van der Waals surface area contributed by atoms with E-state index in [4.69, 9.17) is 0 Å². The lowest BCUT2D eigenvalue weighted by atomic mass is 10.1. The molecule has 5 heteroatoms. The first-order valence-electron chi connectivity index (χ1n) is 6.70. The molecule has 0 aliphatic carbocycles. The Balaban J connectivity index is 2.14. The number of rotatable bonds is 6. The highest BCUT2D eigenvalue weighted by molar-refractivity contribution is 9.09. The van der Waals surface area contributed by atoms with Crippen LogP contribution in [0.5, 0.6) is 0 Å². The molecule has 0 amide bonds. The summed E-state index contributed by atoms with van der Waals surface area (Å²) in [7, 11) is -3.49. The van der Waals surface area contributed by atoms with Crippen molar-refractivity contribution < 1.29 is 8.42 Å². The number of hydrogen-bond acceptors (Lipinski definition) is 2. The molecule has 0 aliphatic heterocycles. The van der Waals surface area contributed by atoms with Crippen LogP contribution >= 0.6 is 15.9 Å². The van der Waals surface area contributed by atoms with Crippen molar-refractivity contribution in [2.45, 2.75) is 24.3 Å².